The number of piperidine rings is 1. The molecule has 1 saturated heterocycles. The van der Waals surface area contributed by atoms with E-state index in [0.717, 1.165) is 60.1 Å². The van der Waals surface area contributed by atoms with Gasteiger partial charge in [-0.05, 0) is 61.8 Å². The molecule has 35 heavy (non-hydrogen) atoms. The SMILES string of the molecule is COc1cccc(-c2cnc(-c3ccncc3)nc2C2CCN(Cc3cccc(F)c3F)CC2)c1. The van der Waals surface area contributed by atoms with Crippen LogP contribution in [0.25, 0.3) is 22.5 Å². The van der Waals surface area contributed by atoms with Crippen molar-refractivity contribution in [3.05, 3.63) is 96.1 Å². The number of halogens is 2. The average Bonchev–Trinajstić information content (AvgIpc) is 2.92. The van der Waals surface area contributed by atoms with Crippen LogP contribution in [-0.4, -0.2) is 40.1 Å². The number of nitrogens with zero attached hydrogens (tertiary/aromatic N) is 4. The summed E-state index contributed by atoms with van der Waals surface area (Å²) in [5.74, 6) is 0.1000. The van der Waals surface area contributed by atoms with Gasteiger partial charge in [-0.1, -0.05) is 24.3 Å². The molecule has 0 atom stereocenters. The third-order valence-corrected chi connectivity index (χ3v) is 6.54. The maximum atomic E-state index is 14.2. The number of methoxy groups -OCH3 is 1. The van der Waals surface area contributed by atoms with Crippen molar-refractivity contribution in [3.8, 4) is 28.3 Å². The molecule has 2 aromatic heterocycles. The Balaban J connectivity index is 1.43. The van der Waals surface area contributed by atoms with Crippen molar-refractivity contribution in [1.82, 2.24) is 19.9 Å². The van der Waals surface area contributed by atoms with Gasteiger partial charge in [-0.2, -0.15) is 0 Å². The fourth-order valence-corrected chi connectivity index (χ4v) is 4.64. The van der Waals surface area contributed by atoms with E-state index in [9.17, 15) is 8.78 Å². The summed E-state index contributed by atoms with van der Waals surface area (Å²) in [7, 11) is 1.65. The van der Waals surface area contributed by atoms with Gasteiger partial charge in [0.15, 0.2) is 17.5 Å². The van der Waals surface area contributed by atoms with Gasteiger partial charge in [-0.15, -0.1) is 0 Å². The topological polar surface area (TPSA) is 51.1 Å². The number of aromatic nitrogens is 3. The first-order chi connectivity index (χ1) is 17.1. The van der Waals surface area contributed by atoms with E-state index in [1.165, 1.54) is 0 Å². The number of hydrogen-bond acceptors (Lipinski definition) is 5. The van der Waals surface area contributed by atoms with Crippen molar-refractivity contribution in [2.24, 2.45) is 0 Å². The number of pyridine rings is 1. The Bertz CT molecular complexity index is 1310. The average molecular weight is 473 g/mol. The minimum absolute atomic E-state index is 0.216. The minimum atomic E-state index is -0.801. The van der Waals surface area contributed by atoms with Crippen molar-refractivity contribution >= 4 is 0 Å². The summed E-state index contributed by atoms with van der Waals surface area (Å²) in [5, 5.41) is 0. The van der Waals surface area contributed by atoms with Crippen LogP contribution in [0, 0.1) is 11.6 Å². The largest absolute Gasteiger partial charge is 0.497 e. The standard InChI is InChI=1S/C28H26F2N4O/c1-35-23-6-2-4-21(16-23)24-17-32-28(20-8-12-31-13-9-20)33-27(24)19-10-14-34(15-11-19)18-22-5-3-7-25(29)26(22)30/h2-9,12-13,16-17,19H,10-11,14-15,18H2,1H3. The van der Waals surface area contributed by atoms with Gasteiger partial charge in [-0.25, -0.2) is 18.7 Å². The van der Waals surface area contributed by atoms with Crippen molar-refractivity contribution in [2.45, 2.75) is 25.3 Å². The maximum Gasteiger partial charge on any atom is 0.163 e. The molecule has 0 N–H and O–H groups in total. The van der Waals surface area contributed by atoms with Gasteiger partial charge in [0.25, 0.3) is 0 Å². The Morgan fingerprint density at radius 2 is 1.74 bits per heavy atom. The zero-order valence-corrected chi connectivity index (χ0v) is 19.5. The third kappa shape index (κ3) is 5.05. The van der Waals surface area contributed by atoms with E-state index >= 15 is 0 Å². The van der Waals surface area contributed by atoms with Crippen LogP contribution in [0.1, 0.15) is 30.0 Å². The molecule has 0 unspecified atom stereocenters. The Morgan fingerprint density at radius 3 is 2.51 bits per heavy atom. The molecule has 5 rings (SSSR count). The predicted molar refractivity (Wildman–Crippen MR) is 131 cm³/mol. The minimum Gasteiger partial charge on any atom is -0.497 e. The van der Waals surface area contributed by atoms with Crippen LogP contribution >= 0.6 is 0 Å². The summed E-state index contributed by atoms with van der Waals surface area (Å²) in [5.41, 5.74) is 4.29. The van der Waals surface area contributed by atoms with E-state index in [1.54, 1.807) is 31.6 Å². The Hall–Kier alpha value is -3.71. The lowest BCUT2D eigenvalue weighted by Gasteiger charge is -2.32. The van der Waals surface area contributed by atoms with E-state index in [2.05, 4.69) is 14.9 Å². The van der Waals surface area contributed by atoms with E-state index in [-0.39, 0.29) is 5.92 Å². The zero-order chi connectivity index (χ0) is 24.2. The van der Waals surface area contributed by atoms with Gasteiger partial charge >= 0.3 is 0 Å². The molecule has 0 spiro atoms. The number of rotatable bonds is 6. The highest BCUT2D eigenvalue weighted by Crippen LogP contribution is 2.36. The molecule has 1 aliphatic heterocycles. The van der Waals surface area contributed by atoms with Gasteiger partial charge in [0.05, 0.1) is 12.8 Å². The second kappa shape index (κ2) is 10.3. The molecule has 0 amide bonds. The monoisotopic (exact) mass is 472 g/mol. The van der Waals surface area contributed by atoms with E-state index in [0.29, 0.717) is 17.9 Å². The number of ether oxygens (including phenoxy) is 1. The quantitative estimate of drug-likeness (QED) is 0.351. The summed E-state index contributed by atoms with van der Waals surface area (Å²) < 4.78 is 33.2. The molecule has 0 saturated carbocycles. The van der Waals surface area contributed by atoms with E-state index in [4.69, 9.17) is 9.72 Å². The lowest BCUT2D eigenvalue weighted by molar-refractivity contribution is 0.200. The molecule has 5 nitrogen and oxygen atoms in total. The molecule has 3 heterocycles. The summed E-state index contributed by atoms with van der Waals surface area (Å²) >= 11 is 0. The van der Waals surface area contributed by atoms with Crippen LogP contribution in [0.4, 0.5) is 8.78 Å². The number of benzene rings is 2. The second-order valence-corrected chi connectivity index (χ2v) is 8.72. The molecule has 2 aromatic carbocycles. The summed E-state index contributed by atoms with van der Waals surface area (Å²) in [6, 6.07) is 16.1. The second-order valence-electron chi connectivity index (χ2n) is 8.72. The first kappa shape index (κ1) is 23.1. The molecule has 1 fully saturated rings. The summed E-state index contributed by atoms with van der Waals surface area (Å²) in [6.07, 6.45) is 7.08. The molecule has 1 aliphatic rings. The summed E-state index contributed by atoms with van der Waals surface area (Å²) in [4.78, 5) is 16.0. The molecule has 0 aliphatic carbocycles. The van der Waals surface area contributed by atoms with Crippen LogP contribution in [-0.2, 0) is 6.54 Å². The van der Waals surface area contributed by atoms with Crippen LogP contribution in [0.5, 0.6) is 5.75 Å². The lowest BCUT2D eigenvalue weighted by atomic mass is 9.88. The fraction of sp³-hybridized carbons (Fsp3) is 0.250. The van der Waals surface area contributed by atoms with Gasteiger partial charge in [0, 0.05) is 47.7 Å². The first-order valence-electron chi connectivity index (χ1n) is 11.7. The van der Waals surface area contributed by atoms with Gasteiger partial charge in [0.2, 0.25) is 0 Å². The summed E-state index contributed by atoms with van der Waals surface area (Å²) in [6.45, 7) is 1.94. The lowest BCUT2D eigenvalue weighted by Crippen LogP contribution is -2.33. The smallest absolute Gasteiger partial charge is 0.163 e. The Labute approximate surface area is 203 Å². The molecular weight excluding hydrogens is 446 g/mol. The van der Waals surface area contributed by atoms with Crippen LogP contribution in [0.2, 0.25) is 0 Å². The third-order valence-electron chi connectivity index (χ3n) is 6.54. The number of likely N-dealkylation sites (tertiary alicyclic amines) is 1. The molecule has 0 bridgehead atoms. The Kier molecular flexibility index (Phi) is 6.77. The van der Waals surface area contributed by atoms with Gasteiger partial charge < -0.3 is 4.74 Å². The van der Waals surface area contributed by atoms with Crippen molar-refractivity contribution in [1.29, 1.82) is 0 Å². The number of hydrogen-bond donors (Lipinski definition) is 0. The predicted octanol–water partition coefficient (Wildman–Crippen LogP) is 5.87. The highest BCUT2D eigenvalue weighted by Gasteiger charge is 2.26. The highest BCUT2D eigenvalue weighted by atomic mass is 19.2. The van der Waals surface area contributed by atoms with Crippen LogP contribution in [0.3, 0.4) is 0 Å². The molecule has 4 aromatic rings. The first-order valence-corrected chi connectivity index (χ1v) is 11.7. The van der Waals surface area contributed by atoms with Crippen molar-refractivity contribution in [2.75, 3.05) is 20.2 Å². The molecular formula is C28H26F2N4O. The Morgan fingerprint density at radius 1 is 0.971 bits per heavy atom. The van der Waals surface area contributed by atoms with Gasteiger partial charge in [-0.3, -0.25) is 9.88 Å². The van der Waals surface area contributed by atoms with Crippen LogP contribution in [0.15, 0.2) is 73.2 Å². The van der Waals surface area contributed by atoms with Crippen LogP contribution < -0.4 is 4.74 Å². The molecule has 7 heteroatoms. The molecule has 0 radical (unpaired) electrons. The normalized spacial score (nSPS) is 14.7. The van der Waals surface area contributed by atoms with E-state index < -0.39 is 11.6 Å². The molecule has 178 valence electrons. The zero-order valence-electron chi connectivity index (χ0n) is 19.5. The van der Waals surface area contributed by atoms with Gasteiger partial charge in [0.1, 0.15) is 5.75 Å². The van der Waals surface area contributed by atoms with Crippen molar-refractivity contribution in [3.63, 3.8) is 0 Å². The van der Waals surface area contributed by atoms with Crippen molar-refractivity contribution < 1.29 is 13.5 Å². The maximum absolute atomic E-state index is 14.2. The highest BCUT2D eigenvalue weighted by molar-refractivity contribution is 5.69. The van der Waals surface area contributed by atoms with E-state index in [1.807, 2.05) is 42.6 Å². The fourth-order valence-electron chi connectivity index (χ4n) is 4.64.